The van der Waals surface area contributed by atoms with E-state index in [1.807, 2.05) is 6.07 Å². The third-order valence-corrected chi connectivity index (χ3v) is 3.85. The molecule has 0 bridgehead atoms. The molecular formula is C15H12ClNO4. The van der Waals surface area contributed by atoms with Gasteiger partial charge in [-0.1, -0.05) is 23.7 Å². The van der Waals surface area contributed by atoms with Gasteiger partial charge in [0.2, 0.25) is 0 Å². The molecular weight excluding hydrogens is 294 g/mol. The molecule has 21 heavy (non-hydrogen) atoms. The number of furan rings is 1. The van der Waals surface area contributed by atoms with E-state index in [0.29, 0.717) is 29.3 Å². The fourth-order valence-corrected chi connectivity index (χ4v) is 2.52. The van der Waals surface area contributed by atoms with E-state index >= 15 is 0 Å². The van der Waals surface area contributed by atoms with E-state index < -0.39 is 17.9 Å². The van der Waals surface area contributed by atoms with Gasteiger partial charge in [0.25, 0.3) is 5.91 Å². The summed E-state index contributed by atoms with van der Waals surface area (Å²) >= 11 is 6.08. The lowest BCUT2D eigenvalue weighted by Crippen LogP contribution is -2.55. The highest BCUT2D eigenvalue weighted by Gasteiger charge is 2.39. The van der Waals surface area contributed by atoms with Crippen LogP contribution in [0.5, 0.6) is 0 Å². The number of amides is 1. The first kappa shape index (κ1) is 13.7. The van der Waals surface area contributed by atoms with Crippen LogP contribution in [0.15, 0.2) is 40.8 Å². The van der Waals surface area contributed by atoms with Crippen molar-refractivity contribution < 1.29 is 19.1 Å². The molecule has 1 saturated heterocycles. The molecule has 1 fully saturated rings. The lowest BCUT2D eigenvalue weighted by atomic mass is 10.0. The Morgan fingerprint density at radius 1 is 1.24 bits per heavy atom. The quantitative estimate of drug-likeness (QED) is 0.946. The summed E-state index contributed by atoms with van der Waals surface area (Å²) in [5.74, 6) is -0.799. The number of carboxylic acid groups (broad SMARTS) is 1. The summed E-state index contributed by atoms with van der Waals surface area (Å²) in [5, 5.41) is 9.50. The predicted octanol–water partition coefficient (Wildman–Crippen LogP) is 2.90. The van der Waals surface area contributed by atoms with Crippen LogP contribution in [0.2, 0.25) is 5.02 Å². The zero-order valence-electron chi connectivity index (χ0n) is 11.0. The Kier molecular flexibility index (Phi) is 3.43. The molecule has 2 aromatic rings. The van der Waals surface area contributed by atoms with Crippen LogP contribution >= 0.6 is 11.6 Å². The summed E-state index contributed by atoms with van der Waals surface area (Å²) in [5.41, 5.74) is 0.691. The largest absolute Gasteiger partial charge is 0.480 e. The first-order valence-corrected chi connectivity index (χ1v) is 6.84. The fourth-order valence-electron chi connectivity index (χ4n) is 2.29. The molecule has 1 aromatic heterocycles. The molecule has 3 rings (SSSR count). The smallest absolute Gasteiger partial charge is 0.326 e. The van der Waals surface area contributed by atoms with Crippen molar-refractivity contribution >= 4 is 23.5 Å². The van der Waals surface area contributed by atoms with Crippen molar-refractivity contribution in [3.05, 3.63) is 47.2 Å². The number of carbonyl (C=O) groups excluding carboxylic acids is 1. The van der Waals surface area contributed by atoms with Crippen LogP contribution in [0, 0.1) is 0 Å². The molecule has 1 aliphatic heterocycles. The molecule has 1 atom stereocenters. The zero-order valence-corrected chi connectivity index (χ0v) is 11.7. The standard InChI is InChI=1S/C15H12ClNO4/c16-10-4-2-1-3-9(10)12-5-6-13(21-12)14(18)17-8-7-11(17)15(19)20/h1-6,11H,7-8H2,(H,19,20)/t11-/m1/s1. The number of hydrogen-bond acceptors (Lipinski definition) is 3. The van der Waals surface area contributed by atoms with E-state index in [9.17, 15) is 9.59 Å². The van der Waals surface area contributed by atoms with Gasteiger partial charge in [0.15, 0.2) is 5.76 Å². The van der Waals surface area contributed by atoms with Gasteiger partial charge in [-0.2, -0.15) is 0 Å². The van der Waals surface area contributed by atoms with Crippen molar-refractivity contribution in [2.45, 2.75) is 12.5 Å². The average molecular weight is 306 g/mol. The first-order valence-electron chi connectivity index (χ1n) is 6.46. The topological polar surface area (TPSA) is 70.8 Å². The second-order valence-corrected chi connectivity index (χ2v) is 5.19. The Labute approximate surface area is 125 Å². The molecule has 5 nitrogen and oxygen atoms in total. The molecule has 0 radical (unpaired) electrons. The third kappa shape index (κ3) is 2.40. The van der Waals surface area contributed by atoms with Gasteiger partial charge >= 0.3 is 5.97 Å². The van der Waals surface area contributed by atoms with Crippen LogP contribution in [-0.4, -0.2) is 34.5 Å². The number of aliphatic carboxylic acids is 1. The van der Waals surface area contributed by atoms with E-state index in [1.54, 1.807) is 24.3 Å². The maximum Gasteiger partial charge on any atom is 0.326 e. The number of benzene rings is 1. The first-order chi connectivity index (χ1) is 10.1. The van der Waals surface area contributed by atoms with Crippen LogP contribution in [0.3, 0.4) is 0 Å². The normalized spacial score (nSPS) is 17.4. The molecule has 0 aliphatic carbocycles. The van der Waals surface area contributed by atoms with Gasteiger partial charge in [0.05, 0.1) is 5.02 Å². The number of nitrogens with zero attached hydrogens (tertiary/aromatic N) is 1. The monoisotopic (exact) mass is 305 g/mol. The zero-order chi connectivity index (χ0) is 15.0. The number of likely N-dealkylation sites (tertiary alicyclic amines) is 1. The van der Waals surface area contributed by atoms with Crippen LogP contribution in [0.1, 0.15) is 17.0 Å². The van der Waals surface area contributed by atoms with Crippen LogP contribution in [0.4, 0.5) is 0 Å². The van der Waals surface area contributed by atoms with Gasteiger partial charge in [0.1, 0.15) is 11.8 Å². The van der Waals surface area contributed by atoms with Crippen molar-refractivity contribution in [1.82, 2.24) is 4.90 Å². The highest BCUT2D eigenvalue weighted by Crippen LogP contribution is 2.30. The Bertz CT molecular complexity index is 709. The highest BCUT2D eigenvalue weighted by molar-refractivity contribution is 6.33. The van der Waals surface area contributed by atoms with Crippen molar-refractivity contribution in [3.8, 4) is 11.3 Å². The van der Waals surface area contributed by atoms with E-state index in [0.717, 1.165) is 0 Å². The molecule has 1 aliphatic rings. The summed E-state index contributed by atoms with van der Waals surface area (Å²) in [6.45, 7) is 0.428. The number of halogens is 1. The van der Waals surface area contributed by atoms with Crippen molar-refractivity contribution in [3.63, 3.8) is 0 Å². The van der Waals surface area contributed by atoms with Gasteiger partial charge < -0.3 is 14.4 Å². The number of carboxylic acids is 1. The van der Waals surface area contributed by atoms with Gasteiger partial charge in [-0.3, -0.25) is 4.79 Å². The SMILES string of the molecule is O=C(O)[C@H]1CCN1C(=O)c1ccc(-c2ccccc2Cl)o1. The summed E-state index contributed by atoms with van der Waals surface area (Å²) in [4.78, 5) is 24.5. The van der Waals surface area contributed by atoms with Crippen LogP contribution < -0.4 is 0 Å². The average Bonchev–Trinajstić information content (AvgIpc) is 2.86. The molecule has 0 unspecified atom stereocenters. The fraction of sp³-hybridized carbons (Fsp3) is 0.200. The number of rotatable bonds is 3. The van der Waals surface area contributed by atoms with Gasteiger partial charge in [-0.05, 0) is 30.7 Å². The summed E-state index contributed by atoms with van der Waals surface area (Å²) in [6, 6.07) is 9.59. The van der Waals surface area contributed by atoms with Gasteiger partial charge in [-0.25, -0.2) is 4.79 Å². The van der Waals surface area contributed by atoms with Crippen LogP contribution in [0.25, 0.3) is 11.3 Å². The van der Waals surface area contributed by atoms with E-state index in [4.69, 9.17) is 21.1 Å². The molecule has 1 aromatic carbocycles. The lowest BCUT2D eigenvalue weighted by molar-refractivity contribution is -0.146. The Morgan fingerprint density at radius 2 is 2.00 bits per heavy atom. The van der Waals surface area contributed by atoms with Gasteiger partial charge in [0, 0.05) is 12.1 Å². The summed E-state index contributed by atoms with van der Waals surface area (Å²) in [7, 11) is 0. The van der Waals surface area contributed by atoms with Gasteiger partial charge in [-0.15, -0.1) is 0 Å². The Morgan fingerprint density at radius 3 is 2.62 bits per heavy atom. The molecule has 0 saturated carbocycles. The summed E-state index contributed by atoms with van der Waals surface area (Å²) in [6.07, 6.45) is 0.471. The minimum absolute atomic E-state index is 0.121. The van der Waals surface area contributed by atoms with Crippen molar-refractivity contribution in [1.29, 1.82) is 0 Å². The van der Waals surface area contributed by atoms with Crippen molar-refractivity contribution in [2.24, 2.45) is 0 Å². The Balaban J connectivity index is 1.84. The maximum absolute atomic E-state index is 12.2. The van der Waals surface area contributed by atoms with E-state index in [2.05, 4.69) is 0 Å². The molecule has 0 spiro atoms. The molecule has 6 heteroatoms. The summed E-state index contributed by atoms with van der Waals surface area (Å²) < 4.78 is 5.53. The number of hydrogen-bond donors (Lipinski definition) is 1. The molecule has 1 amide bonds. The van der Waals surface area contributed by atoms with Crippen molar-refractivity contribution in [2.75, 3.05) is 6.54 Å². The maximum atomic E-state index is 12.2. The minimum Gasteiger partial charge on any atom is -0.480 e. The minimum atomic E-state index is -0.993. The van der Waals surface area contributed by atoms with E-state index in [-0.39, 0.29) is 5.76 Å². The highest BCUT2D eigenvalue weighted by atomic mass is 35.5. The van der Waals surface area contributed by atoms with Crippen LogP contribution in [-0.2, 0) is 4.79 Å². The molecule has 1 N–H and O–H groups in total. The second kappa shape index (κ2) is 5.26. The molecule has 108 valence electrons. The number of carbonyl (C=O) groups is 2. The Hall–Kier alpha value is -2.27. The molecule has 2 heterocycles. The second-order valence-electron chi connectivity index (χ2n) is 4.79. The predicted molar refractivity (Wildman–Crippen MR) is 76.2 cm³/mol. The lowest BCUT2D eigenvalue weighted by Gasteiger charge is -2.37. The third-order valence-electron chi connectivity index (χ3n) is 3.52. The van der Waals surface area contributed by atoms with E-state index in [1.165, 1.54) is 11.0 Å².